The van der Waals surface area contributed by atoms with Crippen molar-refractivity contribution in [1.82, 2.24) is 31.6 Å². The molecule has 0 radical (unpaired) electrons. The molecule has 0 aliphatic carbocycles. The van der Waals surface area contributed by atoms with Crippen LogP contribution in [0.3, 0.4) is 0 Å². The molecule has 1 heterocycles. The van der Waals surface area contributed by atoms with Gasteiger partial charge in [0.2, 0.25) is 29.5 Å². The summed E-state index contributed by atoms with van der Waals surface area (Å²) >= 11 is 0. The Labute approximate surface area is 308 Å². The lowest BCUT2D eigenvalue weighted by molar-refractivity contribution is -0.197. The van der Waals surface area contributed by atoms with Gasteiger partial charge >= 0.3 is 5.97 Å². The molecule has 5 N–H and O–H groups in total. The van der Waals surface area contributed by atoms with Crippen molar-refractivity contribution in [3.8, 4) is 0 Å². The third kappa shape index (κ3) is 21.8. The highest BCUT2D eigenvalue weighted by Crippen LogP contribution is 2.13. The fourth-order valence-electron chi connectivity index (χ4n) is 5.05. The van der Waals surface area contributed by atoms with E-state index in [1.165, 1.54) is 6.92 Å². The molecule has 1 aliphatic rings. The van der Waals surface area contributed by atoms with Crippen molar-refractivity contribution in [3.05, 3.63) is 0 Å². The Kier molecular flexibility index (Phi) is 23.9. The van der Waals surface area contributed by atoms with E-state index < -0.39 is 65.8 Å². The molecule has 0 unspecified atom stereocenters. The van der Waals surface area contributed by atoms with Gasteiger partial charge in [-0.25, -0.2) is 4.79 Å². The molecule has 1 rings (SSSR count). The summed E-state index contributed by atoms with van der Waals surface area (Å²) in [7, 11) is 0. The number of nitrogens with one attached hydrogen (secondary N) is 5. The highest BCUT2D eigenvalue weighted by Gasteiger charge is 2.32. The maximum atomic E-state index is 12.9. The average Bonchev–Trinajstić information content (AvgIpc) is 3.44. The number of carbonyl (C=O) groups excluding carboxylic acids is 11. The summed E-state index contributed by atoms with van der Waals surface area (Å²) in [5.41, 5.74) is 0. The molecule has 2 atom stereocenters. The molecule has 53 heavy (non-hydrogen) atoms. The molecule has 296 valence electrons. The molecule has 18 heteroatoms. The van der Waals surface area contributed by atoms with Crippen molar-refractivity contribution in [1.29, 1.82) is 0 Å². The standard InChI is InChI=1S/C35H54N6O12/c1-25(44)26(39-31(48)24-38-28(45)12-6-7-13-34(51)53-41-32(49)18-19-33(41)50)14-17-30(47)40-27(35(52)37-21-9-3-5-11-23-43)15-16-29(46)36-20-8-2-4-10-22-42/h22-23,26-27H,2-21,24H2,1H3,(H,36,46)(H,37,52)(H,38,45)(H,39,48)(H,40,47)/t26-,27-/m0/s1. The van der Waals surface area contributed by atoms with Gasteiger partial charge in [-0.05, 0) is 58.3 Å². The third-order valence-electron chi connectivity index (χ3n) is 8.10. The second-order valence-corrected chi connectivity index (χ2v) is 12.6. The van der Waals surface area contributed by atoms with Crippen LogP contribution < -0.4 is 26.6 Å². The number of hydrogen-bond acceptors (Lipinski definition) is 12. The molecule has 1 saturated heterocycles. The van der Waals surface area contributed by atoms with E-state index in [2.05, 4.69) is 26.6 Å². The van der Waals surface area contributed by atoms with Crippen LogP contribution in [0.15, 0.2) is 0 Å². The molecule has 0 spiro atoms. The molecule has 0 aromatic heterocycles. The van der Waals surface area contributed by atoms with Crippen LogP contribution in [-0.4, -0.2) is 102 Å². The topological polar surface area (TPSA) is 260 Å². The molecule has 1 aliphatic heterocycles. The summed E-state index contributed by atoms with van der Waals surface area (Å²) in [5, 5.41) is 13.4. The monoisotopic (exact) mass is 750 g/mol. The van der Waals surface area contributed by atoms with Crippen LogP contribution in [0.5, 0.6) is 0 Å². The summed E-state index contributed by atoms with van der Waals surface area (Å²) in [4.78, 5) is 136. The van der Waals surface area contributed by atoms with E-state index >= 15 is 0 Å². The van der Waals surface area contributed by atoms with Gasteiger partial charge in [-0.3, -0.25) is 38.4 Å². The number of hydrogen-bond donors (Lipinski definition) is 5. The zero-order valence-electron chi connectivity index (χ0n) is 30.5. The van der Waals surface area contributed by atoms with Gasteiger partial charge in [-0.2, -0.15) is 0 Å². The Morgan fingerprint density at radius 3 is 1.75 bits per heavy atom. The van der Waals surface area contributed by atoms with Crippen molar-refractivity contribution in [3.63, 3.8) is 0 Å². The van der Waals surface area contributed by atoms with E-state index in [1.54, 1.807) is 0 Å². The van der Waals surface area contributed by atoms with Crippen LogP contribution in [0, 0.1) is 0 Å². The van der Waals surface area contributed by atoms with Crippen LogP contribution in [0.2, 0.25) is 0 Å². The average molecular weight is 751 g/mol. The maximum Gasteiger partial charge on any atom is 0.333 e. The van der Waals surface area contributed by atoms with E-state index in [1.807, 2.05) is 0 Å². The lowest BCUT2D eigenvalue weighted by Crippen LogP contribution is -2.48. The predicted octanol–water partition coefficient (Wildman–Crippen LogP) is 0.140. The van der Waals surface area contributed by atoms with Crippen LogP contribution in [0.4, 0.5) is 0 Å². The number of Topliss-reactive ketones (excluding diaryl/α,β-unsaturated/α-hetero) is 1. The summed E-state index contributed by atoms with van der Waals surface area (Å²) < 4.78 is 0. The lowest BCUT2D eigenvalue weighted by Gasteiger charge is -2.20. The van der Waals surface area contributed by atoms with Crippen LogP contribution in [0.25, 0.3) is 0 Å². The number of amides is 7. The first kappa shape index (κ1) is 46.0. The van der Waals surface area contributed by atoms with Gasteiger partial charge in [-0.15, -0.1) is 5.06 Å². The van der Waals surface area contributed by atoms with Gasteiger partial charge in [0.25, 0.3) is 11.8 Å². The zero-order valence-corrected chi connectivity index (χ0v) is 30.5. The van der Waals surface area contributed by atoms with Crippen molar-refractivity contribution in [2.24, 2.45) is 0 Å². The quantitative estimate of drug-likeness (QED) is 0.0373. The summed E-state index contributed by atoms with van der Waals surface area (Å²) in [6, 6.07) is -2.10. The first-order valence-electron chi connectivity index (χ1n) is 18.2. The fraction of sp³-hybridized carbons (Fsp3) is 0.686. The van der Waals surface area contributed by atoms with E-state index in [4.69, 9.17) is 4.84 Å². The number of carbonyl (C=O) groups is 11. The number of rotatable bonds is 30. The molecular formula is C35H54N6O12. The van der Waals surface area contributed by atoms with Crippen LogP contribution in [0.1, 0.15) is 122 Å². The Morgan fingerprint density at radius 1 is 0.623 bits per heavy atom. The SMILES string of the molecule is CC(=O)[C@H](CCC(=O)N[C@@H](CCC(=O)NCCCCCC=O)C(=O)NCCCCCC=O)NC(=O)CNC(=O)CCCCC(=O)ON1C(=O)CCC1=O. The Bertz CT molecular complexity index is 1270. The Hall–Kier alpha value is -5.03. The normalized spacial score (nSPS) is 13.3. The summed E-state index contributed by atoms with van der Waals surface area (Å²) in [5.74, 6) is -4.95. The Morgan fingerprint density at radius 2 is 1.15 bits per heavy atom. The van der Waals surface area contributed by atoms with Crippen molar-refractivity contribution < 1.29 is 57.6 Å². The maximum absolute atomic E-state index is 12.9. The minimum atomic E-state index is -1.05. The second-order valence-electron chi connectivity index (χ2n) is 12.6. The highest BCUT2D eigenvalue weighted by atomic mass is 16.7. The zero-order chi connectivity index (χ0) is 39.4. The van der Waals surface area contributed by atoms with Crippen molar-refractivity contribution >= 4 is 65.7 Å². The molecule has 0 bridgehead atoms. The van der Waals surface area contributed by atoms with Crippen molar-refractivity contribution in [2.45, 2.75) is 135 Å². The molecule has 0 aromatic carbocycles. The Balaban J connectivity index is 2.51. The van der Waals surface area contributed by atoms with Crippen molar-refractivity contribution in [2.75, 3.05) is 19.6 Å². The first-order valence-corrected chi connectivity index (χ1v) is 18.2. The molecule has 0 aromatic rings. The predicted molar refractivity (Wildman–Crippen MR) is 187 cm³/mol. The minimum absolute atomic E-state index is 0.0109. The first-order chi connectivity index (χ1) is 25.4. The highest BCUT2D eigenvalue weighted by molar-refractivity contribution is 6.01. The van der Waals surface area contributed by atoms with Gasteiger partial charge in [0, 0.05) is 64.5 Å². The van der Waals surface area contributed by atoms with E-state index in [0.29, 0.717) is 50.3 Å². The molecule has 18 nitrogen and oxygen atoms in total. The number of aldehydes is 2. The minimum Gasteiger partial charge on any atom is -0.356 e. The molecule has 1 fully saturated rings. The van der Waals surface area contributed by atoms with E-state index in [-0.39, 0.29) is 70.1 Å². The van der Waals surface area contributed by atoms with Crippen LogP contribution in [-0.2, 0) is 57.6 Å². The van der Waals surface area contributed by atoms with Gasteiger partial charge in [0.05, 0.1) is 12.6 Å². The van der Waals surface area contributed by atoms with E-state index in [0.717, 1.165) is 31.8 Å². The third-order valence-corrected chi connectivity index (χ3v) is 8.10. The fourth-order valence-corrected chi connectivity index (χ4v) is 5.05. The number of nitrogens with zero attached hydrogens (tertiary/aromatic N) is 1. The largest absolute Gasteiger partial charge is 0.356 e. The number of imide groups is 1. The number of unbranched alkanes of at least 4 members (excludes halogenated alkanes) is 7. The lowest BCUT2D eigenvalue weighted by atomic mass is 10.1. The van der Waals surface area contributed by atoms with Gasteiger partial charge in [-0.1, -0.05) is 12.8 Å². The summed E-state index contributed by atoms with van der Waals surface area (Å²) in [6.45, 7) is 1.50. The molecule has 0 saturated carbocycles. The summed E-state index contributed by atoms with van der Waals surface area (Å²) in [6.07, 6.45) is 6.69. The van der Waals surface area contributed by atoms with Gasteiger partial charge < -0.3 is 41.0 Å². The second kappa shape index (κ2) is 27.6. The van der Waals surface area contributed by atoms with Gasteiger partial charge in [0.1, 0.15) is 18.6 Å². The number of hydroxylamine groups is 2. The molecule has 7 amide bonds. The smallest absolute Gasteiger partial charge is 0.333 e. The molecular weight excluding hydrogens is 696 g/mol. The van der Waals surface area contributed by atoms with Gasteiger partial charge in [0.15, 0.2) is 5.78 Å². The van der Waals surface area contributed by atoms with E-state index in [9.17, 15) is 52.7 Å². The van der Waals surface area contributed by atoms with Crippen LogP contribution >= 0.6 is 0 Å². The number of ketones is 1.